The van der Waals surface area contributed by atoms with Gasteiger partial charge in [0.1, 0.15) is 17.9 Å². The fraction of sp³-hybridized carbons (Fsp3) is 0.269. The maximum atomic E-state index is 15.2. The standard InChI is InChI=1S/C26H26FN7O3S/c1-4-34(7-8-36-3)22(35)13-37-21-10-16(17-11-31-33(2)12-17)9-20-23(21)26(29-14-28-20)32-18-5-6-19-25(24(18)27)38-15-30-19/h5-6,9-12,14-15H,4,7-8,13H2,1-3H3,(H,28,29,32). The minimum absolute atomic E-state index is 0.183. The largest absolute Gasteiger partial charge is 0.483 e. The number of thiazole rings is 1. The van der Waals surface area contributed by atoms with Gasteiger partial charge in [-0.05, 0) is 36.8 Å². The van der Waals surface area contributed by atoms with Crippen molar-refractivity contribution in [1.82, 2.24) is 29.6 Å². The van der Waals surface area contributed by atoms with Gasteiger partial charge in [-0.2, -0.15) is 5.10 Å². The van der Waals surface area contributed by atoms with Gasteiger partial charge in [0.2, 0.25) is 0 Å². The molecule has 1 N–H and O–H groups in total. The van der Waals surface area contributed by atoms with Crippen molar-refractivity contribution in [3.63, 3.8) is 0 Å². The van der Waals surface area contributed by atoms with Crippen LogP contribution in [0.3, 0.4) is 0 Å². The Labute approximate surface area is 222 Å². The Morgan fingerprint density at radius 2 is 2.05 bits per heavy atom. The summed E-state index contributed by atoms with van der Waals surface area (Å²) in [6.07, 6.45) is 5.01. The first-order valence-corrected chi connectivity index (χ1v) is 12.8. The summed E-state index contributed by atoms with van der Waals surface area (Å²) < 4.78 is 28.6. The number of aryl methyl sites for hydroxylation is 1. The maximum Gasteiger partial charge on any atom is 0.260 e. The van der Waals surface area contributed by atoms with Crippen LogP contribution in [0.4, 0.5) is 15.9 Å². The van der Waals surface area contributed by atoms with Gasteiger partial charge >= 0.3 is 0 Å². The summed E-state index contributed by atoms with van der Waals surface area (Å²) in [7, 11) is 3.42. The zero-order chi connectivity index (χ0) is 26.6. The molecule has 0 aliphatic heterocycles. The maximum absolute atomic E-state index is 15.2. The van der Waals surface area contributed by atoms with E-state index in [9.17, 15) is 4.79 Å². The van der Waals surface area contributed by atoms with E-state index in [1.807, 2.05) is 32.3 Å². The molecule has 0 saturated carbocycles. The Hall–Kier alpha value is -4.16. The Morgan fingerprint density at radius 1 is 1.18 bits per heavy atom. The minimum Gasteiger partial charge on any atom is -0.483 e. The number of likely N-dealkylation sites (N-methyl/N-ethyl adjacent to an activating group) is 1. The Balaban J connectivity index is 1.55. The summed E-state index contributed by atoms with van der Waals surface area (Å²) in [5.74, 6) is 0.139. The van der Waals surface area contributed by atoms with Crippen molar-refractivity contribution >= 4 is 49.9 Å². The zero-order valence-electron chi connectivity index (χ0n) is 21.1. The van der Waals surface area contributed by atoms with Gasteiger partial charge in [-0.3, -0.25) is 9.48 Å². The number of aromatic nitrogens is 5. The molecule has 5 rings (SSSR count). The van der Waals surface area contributed by atoms with E-state index in [1.165, 1.54) is 17.7 Å². The monoisotopic (exact) mass is 535 g/mol. The van der Waals surface area contributed by atoms with Gasteiger partial charge in [-0.15, -0.1) is 11.3 Å². The molecule has 1 amide bonds. The van der Waals surface area contributed by atoms with Crippen molar-refractivity contribution in [2.24, 2.45) is 7.05 Å². The first kappa shape index (κ1) is 25.5. The molecule has 2 aromatic carbocycles. The van der Waals surface area contributed by atoms with E-state index >= 15 is 4.39 Å². The first-order chi connectivity index (χ1) is 18.5. The second-order valence-corrected chi connectivity index (χ2v) is 9.36. The second kappa shape index (κ2) is 11.1. The molecule has 0 fully saturated rings. The smallest absolute Gasteiger partial charge is 0.260 e. The number of hydrogen-bond acceptors (Lipinski definition) is 9. The van der Waals surface area contributed by atoms with E-state index in [0.717, 1.165) is 11.1 Å². The molecule has 0 saturated heterocycles. The molecule has 0 atom stereocenters. The molecule has 12 heteroatoms. The van der Waals surface area contributed by atoms with Crippen LogP contribution in [0.5, 0.6) is 5.75 Å². The highest BCUT2D eigenvalue weighted by Crippen LogP contribution is 2.37. The highest BCUT2D eigenvalue weighted by molar-refractivity contribution is 7.16. The number of methoxy groups -OCH3 is 1. The summed E-state index contributed by atoms with van der Waals surface area (Å²) in [4.78, 5) is 27.6. The van der Waals surface area contributed by atoms with E-state index < -0.39 is 5.82 Å². The Bertz CT molecular complexity index is 1600. The van der Waals surface area contributed by atoms with E-state index in [1.54, 1.807) is 40.5 Å². The molecule has 3 heterocycles. The fourth-order valence-electron chi connectivity index (χ4n) is 4.11. The van der Waals surface area contributed by atoms with Crippen LogP contribution in [0.15, 0.2) is 48.5 Å². The fourth-order valence-corrected chi connectivity index (χ4v) is 4.84. The van der Waals surface area contributed by atoms with Crippen LogP contribution >= 0.6 is 11.3 Å². The molecule has 0 unspecified atom stereocenters. The van der Waals surface area contributed by atoms with E-state index in [2.05, 4.69) is 25.4 Å². The van der Waals surface area contributed by atoms with Gasteiger partial charge in [-0.1, -0.05) is 0 Å². The van der Waals surface area contributed by atoms with Gasteiger partial charge in [0.15, 0.2) is 12.4 Å². The van der Waals surface area contributed by atoms with Crippen LogP contribution in [-0.4, -0.2) is 69.0 Å². The molecular weight excluding hydrogens is 509 g/mol. The average Bonchev–Trinajstić information content (AvgIpc) is 3.58. The number of amides is 1. The number of anilines is 2. The summed E-state index contributed by atoms with van der Waals surface area (Å²) in [6.45, 7) is 3.11. The molecular formula is C26H26FN7O3S. The number of rotatable bonds is 10. The molecule has 38 heavy (non-hydrogen) atoms. The summed E-state index contributed by atoms with van der Waals surface area (Å²) in [5, 5.41) is 7.88. The Kier molecular flexibility index (Phi) is 7.43. The normalized spacial score (nSPS) is 11.3. The summed E-state index contributed by atoms with van der Waals surface area (Å²) in [6, 6.07) is 7.06. The van der Waals surface area contributed by atoms with Crippen molar-refractivity contribution in [2.45, 2.75) is 6.92 Å². The molecule has 3 aromatic heterocycles. The first-order valence-electron chi connectivity index (χ1n) is 11.9. The number of nitrogens with zero attached hydrogens (tertiary/aromatic N) is 6. The van der Waals surface area contributed by atoms with Gasteiger partial charge in [0.05, 0.1) is 45.1 Å². The number of halogens is 1. The predicted octanol–water partition coefficient (Wildman–Crippen LogP) is 4.40. The van der Waals surface area contributed by atoms with E-state index in [-0.39, 0.29) is 18.2 Å². The lowest BCUT2D eigenvalue weighted by Crippen LogP contribution is -2.37. The minimum atomic E-state index is -0.418. The highest BCUT2D eigenvalue weighted by atomic mass is 32.1. The third kappa shape index (κ3) is 5.13. The zero-order valence-corrected chi connectivity index (χ0v) is 22.0. The molecule has 5 aromatic rings. The third-order valence-electron chi connectivity index (χ3n) is 6.08. The van der Waals surface area contributed by atoms with Crippen LogP contribution in [0.25, 0.3) is 32.2 Å². The molecule has 0 radical (unpaired) electrons. The SMILES string of the molecule is CCN(CCOC)C(=O)COc1cc(-c2cnn(C)c2)cc2ncnc(Nc3ccc4ncsc4c3F)c12. The summed E-state index contributed by atoms with van der Waals surface area (Å²) in [5.41, 5.74) is 4.67. The lowest BCUT2D eigenvalue weighted by Gasteiger charge is -2.21. The number of benzene rings is 2. The average molecular weight is 536 g/mol. The Morgan fingerprint density at radius 3 is 2.82 bits per heavy atom. The van der Waals surface area contributed by atoms with Crippen molar-refractivity contribution in [3.8, 4) is 16.9 Å². The summed E-state index contributed by atoms with van der Waals surface area (Å²) >= 11 is 1.23. The van der Waals surface area contributed by atoms with Crippen LogP contribution in [0.2, 0.25) is 0 Å². The van der Waals surface area contributed by atoms with Crippen LogP contribution < -0.4 is 10.1 Å². The van der Waals surface area contributed by atoms with Crippen molar-refractivity contribution < 1.29 is 18.7 Å². The number of ether oxygens (including phenoxy) is 2. The number of carbonyl (C=O) groups is 1. The molecule has 0 bridgehead atoms. The second-order valence-electron chi connectivity index (χ2n) is 8.50. The third-order valence-corrected chi connectivity index (χ3v) is 6.92. The number of hydrogen-bond donors (Lipinski definition) is 1. The quantitative estimate of drug-likeness (QED) is 0.281. The van der Waals surface area contributed by atoms with E-state index in [4.69, 9.17) is 9.47 Å². The molecule has 0 aliphatic rings. The topological polar surface area (TPSA) is 107 Å². The lowest BCUT2D eigenvalue weighted by molar-refractivity contribution is -0.133. The number of nitrogens with one attached hydrogen (secondary N) is 1. The molecule has 0 spiro atoms. The number of fused-ring (bicyclic) bond motifs is 2. The van der Waals surface area contributed by atoms with Crippen LogP contribution in [0.1, 0.15) is 6.92 Å². The molecule has 10 nitrogen and oxygen atoms in total. The van der Waals surface area contributed by atoms with Crippen LogP contribution in [-0.2, 0) is 16.6 Å². The van der Waals surface area contributed by atoms with Crippen molar-refractivity contribution in [2.75, 3.05) is 38.7 Å². The predicted molar refractivity (Wildman–Crippen MR) is 144 cm³/mol. The lowest BCUT2D eigenvalue weighted by atomic mass is 10.1. The van der Waals surface area contributed by atoms with Gasteiger partial charge in [-0.25, -0.2) is 19.3 Å². The van der Waals surface area contributed by atoms with E-state index in [0.29, 0.717) is 52.4 Å². The number of carbonyl (C=O) groups excluding carboxylic acids is 1. The highest BCUT2D eigenvalue weighted by Gasteiger charge is 2.19. The van der Waals surface area contributed by atoms with Crippen molar-refractivity contribution in [1.29, 1.82) is 0 Å². The van der Waals surface area contributed by atoms with Gasteiger partial charge < -0.3 is 19.7 Å². The van der Waals surface area contributed by atoms with Crippen LogP contribution in [0, 0.1) is 5.82 Å². The van der Waals surface area contributed by atoms with Gasteiger partial charge in [0.25, 0.3) is 5.91 Å². The molecule has 0 aliphatic carbocycles. The molecule has 196 valence electrons. The van der Waals surface area contributed by atoms with Crippen molar-refractivity contribution in [3.05, 3.63) is 54.3 Å². The van der Waals surface area contributed by atoms with Gasteiger partial charge in [0, 0.05) is 39.0 Å².